The van der Waals surface area contributed by atoms with E-state index in [1.54, 1.807) is 12.1 Å². The van der Waals surface area contributed by atoms with E-state index in [9.17, 15) is 20.0 Å². The lowest BCUT2D eigenvalue weighted by atomic mass is 10.1. The molecule has 0 saturated carbocycles. The lowest BCUT2D eigenvalue weighted by molar-refractivity contribution is -0.384. The molecule has 0 bridgehead atoms. The largest absolute Gasteiger partial charge is 0.506 e. The van der Waals surface area contributed by atoms with Crippen molar-refractivity contribution >= 4 is 63.0 Å². The number of carbonyl (C=O) groups is 1. The molecule has 0 heterocycles. The summed E-state index contributed by atoms with van der Waals surface area (Å²) in [5.41, 5.74) is 3.78. The topological polar surface area (TPSA) is 105 Å². The Hall–Kier alpha value is -1.76. The smallest absolute Gasteiger partial charge is 0.269 e. The van der Waals surface area contributed by atoms with Gasteiger partial charge >= 0.3 is 0 Å². The van der Waals surface area contributed by atoms with Crippen LogP contribution in [-0.4, -0.2) is 22.2 Å². The highest BCUT2D eigenvalue weighted by Gasteiger charge is 2.07. The monoisotopic (exact) mass is 551 g/mol. The van der Waals surface area contributed by atoms with Gasteiger partial charge in [-0.2, -0.15) is 5.10 Å². The fourth-order valence-corrected chi connectivity index (χ4v) is 3.62. The maximum atomic E-state index is 11.8. The molecule has 2 rings (SSSR count). The molecule has 0 spiro atoms. The highest BCUT2D eigenvalue weighted by molar-refractivity contribution is 14.1. The van der Waals surface area contributed by atoms with E-state index in [1.165, 1.54) is 30.5 Å². The van der Waals surface area contributed by atoms with Crippen LogP contribution in [0.5, 0.6) is 5.75 Å². The molecule has 0 aliphatic rings. The van der Waals surface area contributed by atoms with E-state index in [0.717, 1.165) is 5.56 Å². The molecule has 7 nitrogen and oxygen atoms in total. The van der Waals surface area contributed by atoms with Crippen molar-refractivity contribution < 1.29 is 14.8 Å². The summed E-state index contributed by atoms with van der Waals surface area (Å²) < 4.78 is 1.39. The third-order valence-electron chi connectivity index (χ3n) is 2.95. The molecule has 2 aromatic rings. The summed E-state index contributed by atoms with van der Waals surface area (Å²) in [5.74, 6) is -0.112. The average Bonchev–Trinajstić information content (AvgIpc) is 2.53. The third-order valence-corrected chi connectivity index (χ3v) is 4.60. The Morgan fingerprint density at radius 1 is 1.25 bits per heavy atom. The maximum absolute atomic E-state index is 11.8. The van der Waals surface area contributed by atoms with Gasteiger partial charge in [-0.3, -0.25) is 14.9 Å². The number of non-ortho nitro benzene ring substituents is 1. The molecule has 1 amide bonds. The maximum Gasteiger partial charge on any atom is 0.269 e. The summed E-state index contributed by atoms with van der Waals surface area (Å²) in [6.45, 7) is 0. The van der Waals surface area contributed by atoms with Crippen LogP contribution in [0.1, 0.15) is 11.1 Å². The van der Waals surface area contributed by atoms with Crippen molar-refractivity contribution in [3.63, 3.8) is 0 Å². The number of nitro benzene ring substituents is 1. The molecule has 0 saturated heterocycles. The molecule has 124 valence electrons. The Balaban J connectivity index is 1.94. The lowest BCUT2D eigenvalue weighted by Crippen LogP contribution is -2.19. The van der Waals surface area contributed by atoms with Gasteiger partial charge in [-0.1, -0.05) is 12.1 Å². The molecule has 9 heteroatoms. The fourth-order valence-electron chi connectivity index (χ4n) is 1.80. The lowest BCUT2D eigenvalue weighted by Gasteiger charge is -2.03. The van der Waals surface area contributed by atoms with Gasteiger partial charge < -0.3 is 5.11 Å². The number of hydrogen-bond donors (Lipinski definition) is 2. The average molecular weight is 551 g/mol. The number of rotatable bonds is 5. The van der Waals surface area contributed by atoms with Crippen molar-refractivity contribution in [3.8, 4) is 5.75 Å². The van der Waals surface area contributed by atoms with Gasteiger partial charge in [-0.25, -0.2) is 5.43 Å². The number of aromatic hydroxyl groups is 1. The Morgan fingerprint density at radius 2 is 1.83 bits per heavy atom. The van der Waals surface area contributed by atoms with Gasteiger partial charge in [0.05, 0.1) is 24.7 Å². The van der Waals surface area contributed by atoms with Gasteiger partial charge in [0.1, 0.15) is 5.75 Å². The van der Waals surface area contributed by atoms with E-state index >= 15 is 0 Å². The molecule has 0 atom stereocenters. The predicted molar refractivity (Wildman–Crippen MR) is 106 cm³/mol. The Kier molecular flexibility index (Phi) is 6.48. The fraction of sp³-hybridized carbons (Fsp3) is 0.0667. The second-order valence-corrected chi connectivity index (χ2v) is 7.05. The number of amides is 1. The van der Waals surface area contributed by atoms with Gasteiger partial charge in [0, 0.05) is 12.1 Å². The van der Waals surface area contributed by atoms with Crippen LogP contribution in [0.3, 0.4) is 0 Å². The summed E-state index contributed by atoms with van der Waals surface area (Å²) in [6.07, 6.45) is 1.55. The van der Waals surface area contributed by atoms with Gasteiger partial charge in [-0.15, -0.1) is 0 Å². The molecule has 0 unspecified atom stereocenters. The van der Waals surface area contributed by atoms with E-state index < -0.39 is 4.92 Å². The molecule has 0 aromatic heterocycles. The molecule has 0 aliphatic heterocycles. The molecule has 24 heavy (non-hydrogen) atoms. The van der Waals surface area contributed by atoms with Crippen LogP contribution in [0.25, 0.3) is 0 Å². The molecule has 0 fully saturated rings. The Labute approximate surface area is 164 Å². The summed E-state index contributed by atoms with van der Waals surface area (Å²) in [4.78, 5) is 21.9. The zero-order valence-corrected chi connectivity index (χ0v) is 16.4. The molecule has 0 aliphatic carbocycles. The van der Waals surface area contributed by atoms with Gasteiger partial charge in [0.25, 0.3) is 5.69 Å². The summed E-state index contributed by atoms with van der Waals surface area (Å²) in [6, 6.07) is 9.25. The normalized spacial score (nSPS) is 10.8. The quantitative estimate of drug-likeness (QED) is 0.258. The van der Waals surface area contributed by atoms with Crippen molar-refractivity contribution in [3.05, 3.63) is 64.8 Å². The van der Waals surface area contributed by atoms with Crippen LogP contribution >= 0.6 is 45.2 Å². The molecule has 0 radical (unpaired) electrons. The van der Waals surface area contributed by atoms with Gasteiger partial charge in [-0.05, 0) is 68.4 Å². The first kappa shape index (κ1) is 18.6. The first-order chi connectivity index (χ1) is 11.4. The van der Waals surface area contributed by atoms with E-state index in [-0.39, 0.29) is 23.8 Å². The first-order valence-corrected chi connectivity index (χ1v) is 8.76. The molecule has 2 aromatic carbocycles. The zero-order chi connectivity index (χ0) is 17.7. The standard InChI is InChI=1S/C15H11I2N3O4/c16-12-5-10(6-13(17)15(12)22)8-18-19-14(21)7-9-1-3-11(4-2-9)20(23)24/h1-6,8,22H,7H2,(H,19,21)/b18-8-. The molecular formula is C15H11I2N3O4. The molecular weight excluding hydrogens is 540 g/mol. The summed E-state index contributed by atoms with van der Waals surface area (Å²) in [7, 11) is 0. The van der Waals surface area contributed by atoms with Crippen LogP contribution < -0.4 is 5.43 Å². The SMILES string of the molecule is O=C(Cc1ccc([N+](=O)[O-])cc1)N/N=C\c1cc(I)c(O)c(I)c1. The van der Waals surface area contributed by atoms with Crippen molar-refractivity contribution in [2.45, 2.75) is 6.42 Å². The number of carbonyl (C=O) groups excluding carboxylic acids is 1. The van der Waals surface area contributed by atoms with Crippen molar-refractivity contribution in [1.82, 2.24) is 5.43 Å². The predicted octanol–water partition coefficient (Wildman–Crippen LogP) is 3.20. The highest BCUT2D eigenvalue weighted by atomic mass is 127. The third kappa shape index (κ3) is 5.12. The Morgan fingerprint density at radius 3 is 2.38 bits per heavy atom. The number of nitrogens with one attached hydrogen (secondary N) is 1. The Bertz CT molecular complexity index is 784. The summed E-state index contributed by atoms with van der Waals surface area (Å²) >= 11 is 4.02. The zero-order valence-electron chi connectivity index (χ0n) is 12.1. The highest BCUT2D eigenvalue weighted by Crippen LogP contribution is 2.26. The number of halogens is 2. The van der Waals surface area contributed by atoms with Gasteiger partial charge in [0.2, 0.25) is 5.91 Å². The van der Waals surface area contributed by atoms with E-state index in [1.807, 2.05) is 45.2 Å². The minimum Gasteiger partial charge on any atom is -0.506 e. The van der Waals surface area contributed by atoms with Crippen molar-refractivity contribution in [2.75, 3.05) is 0 Å². The number of benzene rings is 2. The molecule has 2 N–H and O–H groups in total. The summed E-state index contributed by atoms with van der Waals surface area (Å²) in [5, 5.41) is 24.1. The van der Waals surface area contributed by atoms with Crippen LogP contribution in [-0.2, 0) is 11.2 Å². The number of nitro groups is 1. The minimum absolute atomic E-state index is 0.0197. The number of hydrogen-bond acceptors (Lipinski definition) is 5. The minimum atomic E-state index is -0.492. The number of phenolic OH excluding ortho intramolecular Hbond substituents is 1. The van der Waals surface area contributed by atoms with E-state index in [2.05, 4.69) is 10.5 Å². The van der Waals surface area contributed by atoms with Crippen molar-refractivity contribution in [1.29, 1.82) is 0 Å². The number of nitrogens with zero attached hydrogens (tertiary/aromatic N) is 2. The van der Waals surface area contributed by atoms with E-state index in [4.69, 9.17) is 0 Å². The number of hydrazone groups is 1. The second kappa shape index (κ2) is 8.37. The van der Waals surface area contributed by atoms with Crippen molar-refractivity contribution in [2.24, 2.45) is 5.10 Å². The second-order valence-electron chi connectivity index (χ2n) is 4.73. The van der Waals surface area contributed by atoms with Crippen LogP contribution in [0, 0.1) is 17.3 Å². The van der Waals surface area contributed by atoms with E-state index in [0.29, 0.717) is 12.7 Å². The first-order valence-electron chi connectivity index (χ1n) is 6.60. The van der Waals surface area contributed by atoms with Crippen LogP contribution in [0.2, 0.25) is 0 Å². The van der Waals surface area contributed by atoms with Crippen LogP contribution in [0.4, 0.5) is 5.69 Å². The van der Waals surface area contributed by atoms with Gasteiger partial charge in [0.15, 0.2) is 0 Å². The number of phenols is 1. The van der Waals surface area contributed by atoms with Crippen LogP contribution in [0.15, 0.2) is 41.5 Å².